The average molecular weight is 317 g/mol. The van der Waals surface area contributed by atoms with Crippen molar-refractivity contribution in [2.75, 3.05) is 0 Å². The maximum absolute atomic E-state index is 11.6. The Morgan fingerprint density at radius 2 is 1.72 bits per heavy atom. The van der Waals surface area contributed by atoms with Crippen LogP contribution in [0.5, 0.6) is 0 Å². The monoisotopic (exact) mass is 316 g/mol. The van der Waals surface area contributed by atoms with Crippen molar-refractivity contribution in [1.29, 1.82) is 0 Å². The molecule has 0 radical (unpaired) electrons. The van der Waals surface area contributed by atoms with Crippen LogP contribution < -0.4 is 0 Å². The zero-order valence-electron chi connectivity index (χ0n) is 12.0. The van der Waals surface area contributed by atoms with Crippen molar-refractivity contribution in [2.24, 2.45) is 16.2 Å². The predicted octanol–water partition coefficient (Wildman–Crippen LogP) is 4.61. The molecule has 0 spiro atoms. The van der Waals surface area contributed by atoms with Gasteiger partial charge in [-0.25, -0.2) is 0 Å². The van der Waals surface area contributed by atoms with Crippen LogP contribution in [0.3, 0.4) is 0 Å². The number of carboxylic acids is 1. The zero-order valence-corrected chi connectivity index (χ0v) is 13.6. The van der Waals surface area contributed by atoms with Crippen molar-refractivity contribution in [3.63, 3.8) is 0 Å². The van der Waals surface area contributed by atoms with Crippen LogP contribution in [-0.2, 0) is 4.79 Å². The Bertz CT molecular complexity index is 359. The molecule has 2 rings (SSSR count). The summed E-state index contributed by atoms with van der Waals surface area (Å²) in [5, 5.41) is 9.55. The third-order valence-corrected chi connectivity index (χ3v) is 6.08. The zero-order chi connectivity index (χ0) is 13.8. The lowest BCUT2D eigenvalue weighted by atomic mass is 9.49. The van der Waals surface area contributed by atoms with E-state index in [4.69, 9.17) is 0 Å². The summed E-state index contributed by atoms with van der Waals surface area (Å²) in [6.07, 6.45) is 6.15. The Hall–Kier alpha value is -0.0500. The van der Waals surface area contributed by atoms with Gasteiger partial charge in [0.05, 0.1) is 5.41 Å². The summed E-state index contributed by atoms with van der Waals surface area (Å²) in [5.74, 6) is -0.627. The van der Waals surface area contributed by atoms with Gasteiger partial charge in [0.2, 0.25) is 0 Å². The van der Waals surface area contributed by atoms with Crippen molar-refractivity contribution in [3.8, 4) is 0 Å². The topological polar surface area (TPSA) is 37.3 Å². The highest BCUT2D eigenvalue weighted by atomic mass is 79.9. The minimum absolute atomic E-state index is 0.0240. The number of rotatable bonds is 2. The van der Waals surface area contributed by atoms with E-state index in [-0.39, 0.29) is 9.74 Å². The lowest BCUT2D eigenvalue weighted by Gasteiger charge is -2.59. The first kappa shape index (κ1) is 14.4. The molecule has 0 aromatic rings. The number of hydrogen-bond donors (Lipinski definition) is 1. The Morgan fingerprint density at radius 3 is 2.17 bits per heavy atom. The number of aliphatic carboxylic acids is 1. The van der Waals surface area contributed by atoms with Gasteiger partial charge < -0.3 is 5.11 Å². The highest BCUT2D eigenvalue weighted by molar-refractivity contribution is 9.10. The first-order valence-electron chi connectivity index (χ1n) is 6.96. The van der Waals surface area contributed by atoms with E-state index in [0.717, 1.165) is 32.1 Å². The number of carbonyl (C=O) groups is 1. The average Bonchev–Trinajstić information content (AvgIpc) is 2.11. The summed E-state index contributed by atoms with van der Waals surface area (Å²) in [7, 11) is 0. The summed E-state index contributed by atoms with van der Waals surface area (Å²) in [6, 6.07) is 0. The van der Waals surface area contributed by atoms with Gasteiger partial charge in [-0.05, 0) is 49.9 Å². The molecule has 2 aliphatic rings. The van der Waals surface area contributed by atoms with Crippen LogP contribution in [0.15, 0.2) is 0 Å². The summed E-state index contributed by atoms with van der Waals surface area (Å²) < 4.78 is 0.0240. The van der Waals surface area contributed by atoms with Gasteiger partial charge in [0, 0.05) is 4.32 Å². The second-order valence-electron chi connectivity index (χ2n) is 7.88. The maximum atomic E-state index is 11.6. The third kappa shape index (κ3) is 2.35. The molecule has 1 N–H and O–H groups in total. The van der Waals surface area contributed by atoms with E-state index >= 15 is 0 Å². The second kappa shape index (κ2) is 3.97. The Labute approximate surface area is 119 Å². The van der Waals surface area contributed by atoms with Gasteiger partial charge in [-0.15, -0.1) is 0 Å². The smallest absolute Gasteiger partial charge is 0.309 e. The van der Waals surface area contributed by atoms with Crippen LogP contribution >= 0.6 is 15.9 Å². The van der Waals surface area contributed by atoms with E-state index in [0.29, 0.717) is 5.41 Å². The molecule has 0 aromatic heterocycles. The molecule has 2 aliphatic carbocycles. The fraction of sp³-hybridized carbons (Fsp3) is 0.933. The molecule has 3 heteroatoms. The second-order valence-corrected chi connectivity index (χ2v) is 9.56. The molecule has 0 heterocycles. The first-order chi connectivity index (χ1) is 8.04. The van der Waals surface area contributed by atoms with E-state index in [1.165, 1.54) is 6.42 Å². The standard InChI is InChI=1S/C15H25BrO2/c1-5-12(2)6-13(3)7-14(4,11(17)18)10-15(16,8-12)9-13/h5-10H2,1-4H3,(H,17,18). The van der Waals surface area contributed by atoms with Crippen molar-refractivity contribution < 1.29 is 9.90 Å². The van der Waals surface area contributed by atoms with Crippen molar-refractivity contribution >= 4 is 21.9 Å². The summed E-state index contributed by atoms with van der Waals surface area (Å²) in [4.78, 5) is 11.6. The van der Waals surface area contributed by atoms with E-state index in [1.54, 1.807) is 0 Å². The van der Waals surface area contributed by atoms with Crippen LogP contribution in [0.2, 0.25) is 0 Å². The fourth-order valence-electron chi connectivity index (χ4n) is 5.10. The van der Waals surface area contributed by atoms with Crippen molar-refractivity contribution in [3.05, 3.63) is 0 Å². The number of halogens is 1. The normalized spacial score (nSPS) is 52.1. The molecule has 0 aliphatic heterocycles. The van der Waals surface area contributed by atoms with Crippen molar-refractivity contribution in [2.45, 2.75) is 70.5 Å². The summed E-state index contributed by atoms with van der Waals surface area (Å²) in [5.41, 5.74) is -0.0419. The molecule has 104 valence electrons. The SMILES string of the molecule is CCC1(C)CC2(C)CC(Br)(C1)CC(C)(C(=O)O)C2. The Morgan fingerprint density at radius 1 is 1.11 bits per heavy atom. The van der Waals surface area contributed by atoms with E-state index < -0.39 is 11.4 Å². The van der Waals surface area contributed by atoms with Gasteiger partial charge in [-0.2, -0.15) is 0 Å². The molecular weight excluding hydrogens is 292 g/mol. The molecule has 2 fully saturated rings. The van der Waals surface area contributed by atoms with Gasteiger partial charge in [0.15, 0.2) is 0 Å². The third-order valence-electron chi connectivity index (χ3n) is 5.23. The Balaban J connectivity index is 2.36. The van der Waals surface area contributed by atoms with E-state index in [1.807, 2.05) is 6.92 Å². The molecule has 0 aromatic carbocycles. The predicted molar refractivity (Wildman–Crippen MR) is 77.0 cm³/mol. The van der Waals surface area contributed by atoms with Gasteiger partial charge in [-0.1, -0.05) is 43.1 Å². The molecule has 4 unspecified atom stereocenters. The number of fused-ring (bicyclic) bond motifs is 2. The largest absolute Gasteiger partial charge is 0.481 e. The van der Waals surface area contributed by atoms with Crippen LogP contribution in [0.4, 0.5) is 0 Å². The molecule has 4 atom stereocenters. The highest BCUT2D eigenvalue weighted by Gasteiger charge is 2.59. The number of hydrogen-bond acceptors (Lipinski definition) is 1. The van der Waals surface area contributed by atoms with Gasteiger partial charge in [-0.3, -0.25) is 4.79 Å². The molecule has 0 saturated heterocycles. The quantitative estimate of drug-likeness (QED) is 0.755. The molecule has 0 amide bonds. The molecule has 18 heavy (non-hydrogen) atoms. The van der Waals surface area contributed by atoms with Crippen LogP contribution in [-0.4, -0.2) is 15.4 Å². The van der Waals surface area contributed by atoms with E-state index in [9.17, 15) is 9.90 Å². The van der Waals surface area contributed by atoms with E-state index in [2.05, 4.69) is 36.7 Å². The Kier molecular flexibility index (Phi) is 3.17. The molecular formula is C15H25BrO2. The molecule has 2 saturated carbocycles. The molecule has 2 bridgehead atoms. The van der Waals surface area contributed by atoms with Crippen LogP contribution in [0.25, 0.3) is 0 Å². The fourth-order valence-corrected chi connectivity index (χ4v) is 7.07. The first-order valence-corrected chi connectivity index (χ1v) is 7.76. The lowest BCUT2D eigenvalue weighted by molar-refractivity contribution is -0.157. The van der Waals surface area contributed by atoms with Crippen LogP contribution in [0, 0.1) is 16.2 Å². The van der Waals surface area contributed by atoms with Gasteiger partial charge >= 0.3 is 5.97 Å². The highest BCUT2D eigenvalue weighted by Crippen LogP contribution is 2.65. The number of carboxylic acid groups (broad SMARTS) is 1. The maximum Gasteiger partial charge on any atom is 0.309 e. The minimum Gasteiger partial charge on any atom is -0.481 e. The summed E-state index contributed by atoms with van der Waals surface area (Å²) >= 11 is 3.92. The summed E-state index contributed by atoms with van der Waals surface area (Å²) in [6.45, 7) is 8.84. The number of alkyl halides is 1. The minimum atomic E-state index is -0.627. The molecule has 2 nitrogen and oxygen atoms in total. The van der Waals surface area contributed by atoms with Crippen molar-refractivity contribution in [1.82, 2.24) is 0 Å². The lowest BCUT2D eigenvalue weighted by Crippen LogP contribution is -2.54. The van der Waals surface area contributed by atoms with Crippen LogP contribution in [0.1, 0.15) is 66.2 Å². The van der Waals surface area contributed by atoms with Gasteiger partial charge in [0.25, 0.3) is 0 Å². The van der Waals surface area contributed by atoms with Gasteiger partial charge in [0.1, 0.15) is 0 Å².